The zero-order valence-corrected chi connectivity index (χ0v) is 10.7. The SMILES string of the molecule is CCCNc1ncc(C)c(N(CC)CC)n1. The van der Waals surface area contributed by atoms with E-state index in [1.165, 1.54) is 0 Å². The Bertz CT molecular complexity index is 321. The van der Waals surface area contributed by atoms with Crippen LogP contribution in [0, 0.1) is 6.92 Å². The van der Waals surface area contributed by atoms with E-state index < -0.39 is 0 Å². The van der Waals surface area contributed by atoms with E-state index in [1.54, 1.807) is 0 Å². The third-order valence-electron chi connectivity index (χ3n) is 2.54. The van der Waals surface area contributed by atoms with Crippen LogP contribution in [0.4, 0.5) is 11.8 Å². The Morgan fingerprint density at radius 3 is 2.50 bits per heavy atom. The summed E-state index contributed by atoms with van der Waals surface area (Å²) in [6, 6.07) is 0. The van der Waals surface area contributed by atoms with Gasteiger partial charge in [0.05, 0.1) is 0 Å². The normalized spacial score (nSPS) is 10.2. The van der Waals surface area contributed by atoms with Crippen molar-refractivity contribution < 1.29 is 0 Å². The Morgan fingerprint density at radius 1 is 1.25 bits per heavy atom. The van der Waals surface area contributed by atoms with Crippen LogP contribution in [0.15, 0.2) is 6.20 Å². The predicted octanol–water partition coefficient (Wildman–Crippen LogP) is 2.45. The van der Waals surface area contributed by atoms with Gasteiger partial charge >= 0.3 is 0 Å². The molecule has 0 aliphatic carbocycles. The smallest absolute Gasteiger partial charge is 0.224 e. The Balaban J connectivity index is 2.89. The van der Waals surface area contributed by atoms with Crippen LogP contribution in [0.1, 0.15) is 32.8 Å². The third kappa shape index (κ3) is 3.08. The monoisotopic (exact) mass is 222 g/mol. The summed E-state index contributed by atoms with van der Waals surface area (Å²) in [5.74, 6) is 1.77. The lowest BCUT2D eigenvalue weighted by molar-refractivity contribution is 0.833. The fourth-order valence-electron chi connectivity index (χ4n) is 1.60. The number of hydrogen-bond acceptors (Lipinski definition) is 4. The number of nitrogens with zero attached hydrogens (tertiary/aromatic N) is 3. The van der Waals surface area contributed by atoms with E-state index in [2.05, 4.69) is 47.9 Å². The molecule has 90 valence electrons. The first-order chi connectivity index (χ1) is 7.72. The molecule has 0 unspecified atom stereocenters. The van der Waals surface area contributed by atoms with Crippen LogP contribution in [0.5, 0.6) is 0 Å². The zero-order valence-electron chi connectivity index (χ0n) is 10.7. The van der Waals surface area contributed by atoms with Crippen LogP contribution >= 0.6 is 0 Å². The fraction of sp³-hybridized carbons (Fsp3) is 0.667. The maximum Gasteiger partial charge on any atom is 0.224 e. The summed E-state index contributed by atoms with van der Waals surface area (Å²) >= 11 is 0. The molecule has 1 aromatic heterocycles. The average Bonchev–Trinajstić information content (AvgIpc) is 2.31. The van der Waals surface area contributed by atoms with Gasteiger partial charge in [-0.05, 0) is 27.2 Å². The van der Waals surface area contributed by atoms with Gasteiger partial charge in [-0.15, -0.1) is 0 Å². The summed E-state index contributed by atoms with van der Waals surface area (Å²) in [6.45, 7) is 11.3. The van der Waals surface area contributed by atoms with Crippen LogP contribution in [0.2, 0.25) is 0 Å². The molecule has 1 N–H and O–H groups in total. The number of anilines is 2. The van der Waals surface area contributed by atoms with Crippen LogP contribution in [0.3, 0.4) is 0 Å². The molecule has 1 aromatic rings. The van der Waals surface area contributed by atoms with E-state index in [4.69, 9.17) is 0 Å². The van der Waals surface area contributed by atoms with Crippen LogP contribution in [-0.2, 0) is 0 Å². The summed E-state index contributed by atoms with van der Waals surface area (Å²) in [6.07, 6.45) is 2.97. The molecule has 0 bridgehead atoms. The average molecular weight is 222 g/mol. The molecule has 4 nitrogen and oxygen atoms in total. The molecule has 0 amide bonds. The maximum absolute atomic E-state index is 4.56. The lowest BCUT2D eigenvalue weighted by Crippen LogP contribution is -2.24. The standard InChI is InChI=1S/C12H22N4/c1-5-8-13-12-14-9-10(4)11(15-12)16(6-2)7-3/h9H,5-8H2,1-4H3,(H,13,14,15). The van der Waals surface area contributed by atoms with Gasteiger partial charge in [-0.25, -0.2) is 4.98 Å². The molecule has 4 heteroatoms. The van der Waals surface area contributed by atoms with E-state index in [0.29, 0.717) is 0 Å². The van der Waals surface area contributed by atoms with Gasteiger partial charge in [0, 0.05) is 31.4 Å². The largest absolute Gasteiger partial charge is 0.357 e. The highest BCUT2D eigenvalue weighted by Crippen LogP contribution is 2.17. The van der Waals surface area contributed by atoms with Crippen LogP contribution < -0.4 is 10.2 Å². The van der Waals surface area contributed by atoms with Crippen molar-refractivity contribution in [3.63, 3.8) is 0 Å². The van der Waals surface area contributed by atoms with Gasteiger partial charge in [0.15, 0.2) is 0 Å². The highest BCUT2D eigenvalue weighted by atomic mass is 15.2. The number of nitrogens with one attached hydrogen (secondary N) is 1. The number of rotatable bonds is 6. The molecule has 1 rings (SSSR count). The summed E-state index contributed by atoms with van der Waals surface area (Å²) in [4.78, 5) is 11.1. The molecule has 0 aromatic carbocycles. The van der Waals surface area contributed by atoms with Crippen molar-refractivity contribution in [1.82, 2.24) is 9.97 Å². The first-order valence-corrected chi connectivity index (χ1v) is 6.05. The second kappa shape index (κ2) is 6.30. The zero-order chi connectivity index (χ0) is 12.0. The van der Waals surface area contributed by atoms with Crippen LogP contribution in [0.25, 0.3) is 0 Å². The van der Waals surface area contributed by atoms with E-state index >= 15 is 0 Å². The van der Waals surface area contributed by atoms with Crippen molar-refractivity contribution in [2.24, 2.45) is 0 Å². The van der Waals surface area contributed by atoms with E-state index in [1.807, 2.05) is 6.20 Å². The lowest BCUT2D eigenvalue weighted by Gasteiger charge is -2.22. The van der Waals surface area contributed by atoms with E-state index in [0.717, 1.165) is 43.4 Å². The second-order valence-corrected chi connectivity index (χ2v) is 3.80. The van der Waals surface area contributed by atoms with Crippen molar-refractivity contribution in [3.8, 4) is 0 Å². The van der Waals surface area contributed by atoms with Gasteiger partial charge in [-0.2, -0.15) is 4.98 Å². The molecule has 0 saturated carbocycles. The Morgan fingerprint density at radius 2 is 1.94 bits per heavy atom. The molecular weight excluding hydrogens is 200 g/mol. The summed E-state index contributed by atoms with van der Waals surface area (Å²) in [5.41, 5.74) is 1.13. The molecular formula is C12H22N4. The molecule has 0 aliphatic heterocycles. The van der Waals surface area contributed by atoms with Gasteiger partial charge < -0.3 is 10.2 Å². The summed E-state index contributed by atoms with van der Waals surface area (Å²) in [7, 11) is 0. The van der Waals surface area contributed by atoms with Crippen molar-refractivity contribution >= 4 is 11.8 Å². The van der Waals surface area contributed by atoms with Gasteiger partial charge in [0.2, 0.25) is 5.95 Å². The predicted molar refractivity (Wildman–Crippen MR) is 69.1 cm³/mol. The topological polar surface area (TPSA) is 41.1 Å². The van der Waals surface area contributed by atoms with Crippen molar-refractivity contribution in [1.29, 1.82) is 0 Å². The van der Waals surface area contributed by atoms with Gasteiger partial charge in [-0.1, -0.05) is 6.92 Å². The minimum atomic E-state index is 0.731. The van der Waals surface area contributed by atoms with E-state index in [-0.39, 0.29) is 0 Å². The third-order valence-corrected chi connectivity index (χ3v) is 2.54. The Kier molecular flexibility index (Phi) is 5.02. The molecule has 0 saturated heterocycles. The van der Waals surface area contributed by atoms with E-state index in [9.17, 15) is 0 Å². The highest BCUT2D eigenvalue weighted by Gasteiger charge is 2.08. The van der Waals surface area contributed by atoms with Crippen LogP contribution in [-0.4, -0.2) is 29.6 Å². The first kappa shape index (κ1) is 12.7. The van der Waals surface area contributed by atoms with Gasteiger partial charge in [0.25, 0.3) is 0 Å². The minimum absolute atomic E-state index is 0.731. The maximum atomic E-state index is 4.56. The Labute approximate surface area is 98.1 Å². The molecule has 0 atom stereocenters. The molecule has 16 heavy (non-hydrogen) atoms. The number of aromatic nitrogens is 2. The molecule has 0 fully saturated rings. The van der Waals surface area contributed by atoms with Crippen molar-refractivity contribution in [3.05, 3.63) is 11.8 Å². The van der Waals surface area contributed by atoms with Crippen molar-refractivity contribution in [2.45, 2.75) is 34.1 Å². The molecule has 0 radical (unpaired) electrons. The summed E-state index contributed by atoms with van der Waals surface area (Å²) < 4.78 is 0. The summed E-state index contributed by atoms with van der Waals surface area (Å²) in [5, 5.41) is 3.22. The van der Waals surface area contributed by atoms with Gasteiger partial charge in [-0.3, -0.25) is 0 Å². The molecule has 1 heterocycles. The second-order valence-electron chi connectivity index (χ2n) is 3.80. The Hall–Kier alpha value is -1.32. The van der Waals surface area contributed by atoms with Gasteiger partial charge in [0.1, 0.15) is 5.82 Å². The fourth-order valence-corrected chi connectivity index (χ4v) is 1.60. The van der Waals surface area contributed by atoms with Crippen molar-refractivity contribution in [2.75, 3.05) is 29.9 Å². The molecule has 0 spiro atoms. The highest BCUT2D eigenvalue weighted by molar-refractivity contribution is 5.48. The lowest BCUT2D eigenvalue weighted by atomic mass is 10.3. The minimum Gasteiger partial charge on any atom is -0.357 e. The first-order valence-electron chi connectivity index (χ1n) is 6.05. The quantitative estimate of drug-likeness (QED) is 0.802. The number of hydrogen-bond donors (Lipinski definition) is 1. The molecule has 0 aliphatic rings. The number of aryl methyl sites for hydroxylation is 1.